The van der Waals surface area contributed by atoms with Crippen LogP contribution in [0.2, 0.25) is 10.0 Å². The van der Waals surface area contributed by atoms with E-state index in [2.05, 4.69) is 5.32 Å². The summed E-state index contributed by atoms with van der Waals surface area (Å²) in [6.45, 7) is 2.06. The molecule has 0 atom stereocenters. The average Bonchev–Trinajstić information content (AvgIpc) is 2.79. The van der Waals surface area contributed by atoms with Crippen molar-refractivity contribution in [3.8, 4) is 0 Å². The minimum Gasteiger partial charge on any atom is -0.462 e. The second-order valence-electron chi connectivity index (χ2n) is 6.74. The molecule has 0 unspecified atom stereocenters. The summed E-state index contributed by atoms with van der Waals surface area (Å²) in [6, 6.07) is 21.5. The maximum absolute atomic E-state index is 12.3. The summed E-state index contributed by atoms with van der Waals surface area (Å²) in [5.41, 5.74) is 3.83. The first-order chi connectivity index (χ1) is 15.5. The van der Waals surface area contributed by atoms with Gasteiger partial charge in [-0.05, 0) is 72.2 Å². The van der Waals surface area contributed by atoms with Gasteiger partial charge in [0, 0.05) is 21.8 Å². The van der Waals surface area contributed by atoms with Crippen LogP contribution in [0.25, 0.3) is 5.57 Å². The van der Waals surface area contributed by atoms with Crippen molar-refractivity contribution >= 4 is 46.3 Å². The maximum Gasteiger partial charge on any atom is 0.338 e. The van der Waals surface area contributed by atoms with Crippen molar-refractivity contribution < 1.29 is 14.3 Å². The smallest absolute Gasteiger partial charge is 0.338 e. The molecule has 1 N–H and O–H groups in total. The molecule has 0 saturated carbocycles. The van der Waals surface area contributed by atoms with Gasteiger partial charge in [0.2, 0.25) is 5.91 Å². The van der Waals surface area contributed by atoms with E-state index in [-0.39, 0.29) is 5.91 Å². The third kappa shape index (κ3) is 6.58. The molecule has 0 fully saturated rings. The second-order valence-corrected chi connectivity index (χ2v) is 7.61. The number of esters is 1. The van der Waals surface area contributed by atoms with E-state index >= 15 is 0 Å². The van der Waals surface area contributed by atoms with Crippen LogP contribution in [0, 0.1) is 0 Å². The molecule has 3 aromatic rings. The van der Waals surface area contributed by atoms with Gasteiger partial charge in [-0.2, -0.15) is 0 Å². The molecule has 0 radical (unpaired) electrons. The Morgan fingerprint density at radius 2 is 1.31 bits per heavy atom. The van der Waals surface area contributed by atoms with E-state index in [0.29, 0.717) is 27.9 Å². The van der Waals surface area contributed by atoms with Crippen LogP contribution >= 0.6 is 23.2 Å². The number of ether oxygens (including phenoxy) is 1. The van der Waals surface area contributed by atoms with Gasteiger partial charge in [-0.15, -0.1) is 0 Å². The predicted octanol–water partition coefficient (Wildman–Crippen LogP) is 6.80. The van der Waals surface area contributed by atoms with Crippen molar-refractivity contribution in [1.82, 2.24) is 0 Å². The first kappa shape index (κ1) is 23.3. The van der Waals surface area contributed by atoms with Gasteiger partial charge < -0.3 is 10.1 Å². The molecule has 6 heteroatoms. The number of halogens is 2. The Bertz CT molecular complexity index is 1090. The Balaban J connectivity index is 1.74. The number of carbonyl (C=O) groups is 2. The van der Waals surface area contributed by atoms with Crippen LogP contribution in [0.1, 0.15) is 28.4 Å². The quantitative estimate of drug-likeness (QED) is 0.237. The van der Waals surface area contributed by atoms with Crippen LogP contribution < -0.4 is 5.32 Å². The Labute approximate surface area is 197 Å². The number of hydrogen-bond acceptors (Lipinski definition) is 3. The van der Waals surface area contributed by atoms with E-state index in [1.165, 1.54) is 6.08 Å². The normalized spacial score (nSPS) is 10.6. The van der Waals surface area contributed by atoms with Crippen LogP contribution in [0.15, 0.2) is 91.0 Å². The molecule has 3 rings (SSSR count). The summed E-state index contributed by atoms with van der Waals surface area (Å²) >= 11 is 12.0. The van der Waals surface area contributed by atoms with E-state index in [4.69, 9.17) is 27.9 Å². The number of carbonyl (C=O) groups excluding carboxylic acids is 2. The second kappa shape index (κ2) is 11.3. The fourth-order valence-corrected chi connectivity index (χ4v) is 3.19. The SMILES string of the molecule is CCOC(=O)c1ccc(NC(=O)C=CC=C(c2ccc(Cl)cc2)c2ccc(Cl)cc2)cc1. The van der Waals surface area contributed by atoms with Gasteiger partial charge >= 0.3 is 5.97 Å². The first-order valence-corrected chi connectivity index (χ1v) is 10.7. The summed E-state index contributed by atoms with van der Waals surface area (Å²) in [5, 5.41) is 4.06. The summed E-state index contributed by atoms with van der Waals surface area (Å²) in [4.78, 5) is 24.0. The predicted molar refractivity (Wildman–Crippen MR) is 130 cm³/mol. The highest BCUT2D eigenvalue weighted by Gasteiger charge is 2.07. The van der Waals surface area contributed by atoms with E-state index < -0.39 is 5.97 Å². The summed E-state index contributed by atoms with van der Waals surface area (Å²) < 4.78 is 4.95. The molecule has 0 aliphatic heterocycles. The molecule has 0 bridgehead atoms. The van der Waals surface area contributed by atoms with Crippen molar-refractivity contribution in [3.63, 3.8) is 0 Å². The largest absolute Gasteiger partial charge is 0.462 e. The molecule has 0 saturated heterocycles. The number of benzene rings is 3. The Morgan fingerprint density at radius 1 is 0.812 bits per heavy atom. The highest BCUT2D eigenvalue weighted by atomic mass is 35.5. The molecular formula is C26H21Cl2NO3. The third-order valence-electron chi connectivity index (χ3n) is 4.48. The number of hydrogen-bond donors (Lipinski definition) is 1. The van der Waals surface area contributed by atoms with E-state index in [9.17, 15) is 9.59 Å². The van der Waals surface area contributed by atoms with E-state index in [1.807, 2.05) is 54.6 Å². The molecule has 1 amide bonds. The fraction of sp³-hybridized carbons (Fsp3) is 0.0769. The van der Waals surface area contributed by atoms with Gasteiger partial charge in [-0.25, -0.2) is 4.79 Å². The molecule has 162 valence electrons. The van der Waals surface area contributed by atoms with Gasteiger partial charge in [0.1, 0.15) is 0 Å². The molecule has 4 nitrogen and oxygen atoms in total. The Morgan fingerprint density at radius 3 is 1.81 bits per heavy atom. The van der Waals surface area contributed by atoms with E-state index in [1.54, 1.807) is 37.3 Å². The minimum atomic E-state index is -0.396. The lowest BCUT2D eigenvalue weighted by molar-refractivity contribution is -0.111. The van der Waals surface area contributed by atoms with Crippen LogP contribution in [-0.2, 0) is 9.53 Å². The molecule has 3 aromatic carbocycles. The zero-order chi connectivity index (χ0) is 22.9. The lowest BCUT2D eigenvalue weighted by atomic mass is 9.97. The summed E-state index contributed by atoms with van der Waals surface area (Å²) in [6.07, 6.45) is 4.97. The minimum absolute atomic E-state index is 0.295. The lowest BCUT2D eigenvalue weighted by Gasteiger charge is -2.08. The number of anilines is 1. The van der Waals surface area contributed by atoms with Crippen LogP contribution in [0.4, 0.5) is 5.69 Å². The van der Waals surface area contributed by atoms with Crippen molar-refractivity contribution in [2.24, 2.45) is 0 Å². The maximum atomic E-state index is 12.3. The molecule has 0 aliphatic rings. The highest BCUT2D eigenvalue weighted by molar-refractivity contribution is 6.31. The van der Waals surface area contributed by atoms with Gasteiger partial charge in [0.25, 0.3) is 0 Å². The van der Waals surface area contributed by atoms with Crippen molar-refractivity contribution in [2.45, 2.75) is 6.92 Å². The monoisotopic (exact) mass is 465 g/mol. The Kier molecular flexibility index (Phi) is 8.26. The van der Waals surface area contributed by atoms with Crippen LogP contribution in [0.5, 0.6) is 0 Å². The number of amides is 1. The van der Waals surface area contributed by atoms with Crippen molar-refractivity contribution in [3.05, 3.63) is 118 Å². The van der Waals surface area contributed by atoms with Crippen molar-refractivity contribution in [1.29, 1.82) is 0 Å². The fourth-order valence-electron chi connectivity index (χ4n) is 2.94. The zero-order valence-corrected chi connectivity index (χ0v) is 18.9. The molecule has 0 spiro atoms. The van der Waals surface area contributed by atoms with Gasteiger partial charge in [0.05, 0.1) is 12.2 Å². The standard InChI is InChI=1S/C26H21Cl2NO3/c1-2-32-26(31)20-10-16-23(17-11-20)29-25(30)5-3-4-24(18-6-12-21(27)13-7-18)19-8-14-22(28)15-9-19/h3-17H,2H2,1H3,(H,29,30). The van der Waals surface area contributed by atoms with Crippen molar-refractivity contribution in [2.75, 3.05) is 11.9 Å². The van der Waals surface area contributed by atoms with Gasteiger partial charge in [0.15, 0.2) is 0 Å². The number of allylic oxidation sites excluding steroid dienone is 2. The van der Waals surface area contributed by atoms with Crippen LogP contribution in [-0.4, -0.2) is 18.5 Å². The Hall–Kier alpha value is -3.34. The molecule has 0 aromatic heterocycles. The molecule has 0 heterocycles. The number of rotatable bonds is 7. The van der Waals surface area contributed by atoms with Gasteiger partial charge in [-0.3, -0.25) is 4.79 Å². The highest BCUT2D eigenvalue weighted by Crippen LogP contribution is 2.26. The first-order valence-electron chi connectivity index (χ1n) is 9.94. The average molecular weight is 466 g/mol. The summed E-state index contributed by atoms with van der Waals surface area (Å²) in [7, 11) is 0. The molecule has 0 aliphatic carbocycles. The van der Waals surface area contributed by atoms with E-state index in [0.717, 1.165) is 16.7 Å². The lowest BCUT2D eigenvalue weighted by Crippen LogP contribution is -2.08. The van der Waals surface area contributed by atoms with Gasteiger partial charge in [-0.1, -0.05) is 59.6 Å². The zero-order valence-electron chi connectivity index (χ0n) is 17.3. The van der Waals surface area contributed by atoms with Crippen LogP contribution in [0.3, 0.4) is 0 Å². The molecular weight excluding hydrogens is 445 g/mol. The third-order valence-corrected chi connectivity index (χ3v) is 4.99. The summed E-state index contributed by atoms with van der Waals surface area (Å²) in [5.74, 6) is -0.691. The topological polar surface area (TPSA) is 55.4 Å². The number of nitrogens with one attached hydrogen (secondary N) is 1. The molecule has 32 heavy (non-hydrogen) atoms.